The van der Waals surface area contributed by atoms with Crippen LogP contribution in [0.1, 0.15) is 53.0 Å². The van der Waals surface area contributed by atoms with Crippen molar-refractivity contribution in [1.29, 1.82) is 0 Å². The molecule has 1 saturated carbocycles. The molecule has 1 amide bonds. The second-order valence-corrected chi connectivity index (χ2v) is 8.03. The van der Waals surface area contributed by atoms with Crippen molar-refractivity contribution in [2.75, 3.05) is 19.8 Å². The number of nitrogens with zero attached hydrogens (tertiary/aromatic N) is 2. The molecule has 1 aromatic heterocycles. The molecule has 0 saturated heterocycles. The topological polar surface area (TPSA) is 82.5 Å². The Bertz CT molecular complexity index is 957. The molecule has 1 aliphatic carbocycles. The second-order valence-electron chi connectivity index (χ2n) is 8.03. The standard InChI is InChI=1S/C22H27N3O4/c1-14-19(15(2)25(3)24-14)20(26)21(27)23-13-22(8-4-5-9-22)16-6-7-17-18(12-16)29-11-10-28-17/h6-7,12H,4-5,8-11,13H2,1-3H3,(H,23,27). The predicted molar refractivity (Wildman–Crippen MR) is 108 cm³/mol. The zero-order chi connectivity index (χ0) is 20.6. The number of carbonyl (C=O) groups excluding carboxylic acids is 2. The molecule has 2 heterocycles. The average Bonchev–Trinajstić information content (AvgIpc) is 3.30. The van der Waals surface area contributed by atoms with Crippen LogP contribution in [-0.4, -0.2) is 41.2 Å². The fourth-order valence-corrected chi connectivity index (χ4v) is 4.54. The van der Waals surface area contributed by atoms with Gasteiger partial charge in [-0.15, -0.1) is 0 Å². The summed E-state index contributed by atoms with van der Waals surface area (Å²) in [6.45, 7) is 5.08. The van der Waals surface area contributed by atoms with E-state index in [2.05, 4.69) is 16.5 Å². The average molecular weight is 397 g/mol. The lowest BCUT2D eigenvalue weighted by Crippen LogP contribution is -2.42. The smallest absolute Gasteiger partial charge is 0.292 e. The Labute approximate surface area is 170 Å². The fraction of sp³-hybridized carbons (Fsp3) is 0.500. The maximum Gasteiger partial charge on any atom is 0.292 e. The summed E-state index contributed by atoms with van der Waals surface area (Å²) in [5.41, 5.74) is 2.60. The number of amides is 1. The molecule has 0 bridgehead atoms. The van der Waals surface area contributed by atoms with Gasteiger partial charge >= 0.3 is 0 Å². The summed E-state index contributed by atoms with van der Waals surface area (Å²) in [4.78, 5) is 25.4. The van der Waals surface area contributed by atoms with Crippen molar-refractivity contribution in [3.63, 3.8) is 0 Å². The number of Topliss-reactive ketones (excluding diaryl/α,β-unsaturated/α-hetero) is 1. The third kappa shape index (κ3) is 3.50. The normalized spacial score (nSPS) is 17.2. The Morgan fingerprint density at radius 1 is 1.14 bits per heavy atom. The van der Waals surface area contributed by atoms with Crippen LogP contribution in [0.5, 0.6) is 11.5 Å². The van der Waals surface area contributed by atoms with Crippen molar-refractivity contribution >= 4 is 11.7 Å². The van der Waals surface area contributed by atoms with Crippen molar-refractivity contribution in [3.8, 4) is 11.5 Å². The summed E-state index contributed by atoms with van der Waals surface area (Å²) in [5.74, 6) is 0.412. The quantitative estimate of drug-likeness (QED) is 0.620. The Morgan fingerprint density at radius 2 is 1.83 bits per heavy atom. The van der Waals surface area contributed by atoms with Crippen LogP contribution < -0.4 is 14.8 Å². The highest BCUT2D eigenvalue weighted by Crippen LogP contribution is 2.43. The van der Waals surface area contributed by atoms with E-state index >= 15 is 0 Å². The number of aryl methyl sites for hydroxylation is 2. The van der Waals surface area contributed by atoms with Crippen LogP contribution in [0.4, 0.5) is 0 Å². The van der Waals surface area contributed by atoms with Crippen LogP contribution >= 0.6 is 0 Å². The van der Waals surface area contributed by atoms with Crippen molar-refractivity contribution in [3.05, 3.63) is 40.7 Å². The van der Waals surface area contributed by atoms with Gasteiger partial charge in [0.25, 0.3) is 11.7 Å². The van der Waals surface area contributed by atoms with E-state index in [-0.39, 0.29) is 5.41 Å². The van der Waals surface area contributed by atoms with E-state index in [4.69, 9.17) is 9.47 Å². The van der Waals surface area contributed by atoms with E-state index in [0.717, 1.165) is 42.7 Å². The van der Waals surface area contributed by atoms with Crippen molar-refractivity contribution < 1.29 is 19.1 Å². The molecule has 4 rings (SSSR count). The van der Waals surface area contributed by atoms with Gasteiger partial charge in [0, 0.05) is 24.7 Å². The molecular weight excluding hydrogens is 370 g/mol. The van der Waals surface area contributed by atoms with Gasteiger partial charge in [-0.05, 0) is 44.4 Å². The summed E-state index contributed by atoms with van der Waals surface area (Å²) in [6, 6.07) is 6.03. The molecule has 7 nitrogen and oxygen atoms in total. The summed E-state index contributed by atoms with van der Waals surface area (Å²) < 4.78 is 13.0. The molecule has 2 aromatic rings. The number of rotatable bonds is 5. The highest BCUT2D eigenvalue weighted by Gasteiger charge is 2.37. The van der Waals surface area contributed by atoms with Crippen LogP contribution in [0.2, 0.25) is 0 Å². The van der Waals surface area contributed by atoms with E-state index in [0.29, 0.717) is 36.7 Å². The van der Waals surface area contributed by atoms with Crippen LogP contribution in [-0.2, 0) is 17.3 Å². The van der Waals surface area contributed by atoms with Gasteiger partial charge in [-0.2, -0.15) is 5.10 Å². The maximum atomic E-state index is 12.7. The predicted octanol–water partition coefficient (Wildman–Crippen LogP) is 2.62. The molecule has 29 heavy (non-hydrogen) atoms. The third-order valence-corrected chi connectivity index (χ3v) is 6.24. The number of carbonyl (C=O) groups is 2. The molecule has 1 aromatic carbocycles. The first-order valence-electron chi connectivity index (χ1n) is 10.1. The summed E-state index contributed by atoms with van der Waals surface area (Å²) >= 11 is 0. The molecule has 0 unspecified atom stereocenters. The molecule has 7 heteroatoms. The molecule has 1 N–H and O–H groups in total. The van der Waals surface area contributed by atoms with Gasteiger partial charge in [0.15, 0.2) is 11.5 Å². The number of nitrogens with one attached hydrogen (secondary N) is 1. The van der Waals surface area contributed by atoms with Crippen LogP contribution in [0.25, 0.3) is 0 Å². The molecule has 154 valence electrons. The van der Waals surface area contributed by atoms with Crippen molar-refractivity contribution in [1.82, 2.24) is 15.1 Å². The van der Waals surface area contributed by atoms with Gasteiger partial charge in [0.2, 0.25) is 0 Å². The molecule has 1 aliphatic heterocycles. The minimum absolute atomic E-state index is 0.190. The van der Waals surface area contributed by atoms with Crippen LogP contribution in [0.15, 0.2) is 18.2 Å². The fourth-order valence-electron chi connectivity index (χ4n) is 4.54. The van der Waals surface area contributed by atoms with Gasteiger partial charge in [-0.25, -0.2) is 0 Å². The van der Waals surface area contributed by atoms with Gasteiger partial charge in [-0.1, -0.05) is 18.9 Å². The monoisotopic (exact) mass is 397 g/mol. The molecule has 0 radical (unpaired) electrons. The van der Waals surface area contributed by atoms with Crippen LogP contribution in [0, 0.1) is 13.8 Å². The van der Waals surface area contributed by atoms with E-state index in [1.807, 2.05) is 12.1 Å². The maximum absolute atomic E-state index is 12.7. The lowest BCUT2D eigenvalue weighted by Gasteiger charge is -2.31. The Hall–Kier alpha value is -2.83. The van der Waals surface area contributed by atoms with E-state index < -0.39 is 11.7 Å². The van der Waals surface area contributed by atoms with E-state index in [9.17, 15) is 9.59 Å². The van der Waals surface area contributed by atoms with Gasteiger partial charge in [-0.3, -0.25) is 14.3 Å². The number of fused-ring (bicyclic) bond motifs is 1. The van der Waals surface area contributed by atoms with Crippen LogP contribution in [0.3, 0.4) is 0 Å². The summed E-state index contributed by atoms with van der Waals surface area (Å²) in [5, 5.41) is 7.15. The van der Waals surface area contributed by atoms with Crippen molar-refractivity contribution in [2.24, 2.45) is 7.05 Å². The minimum Gasteiger partial charge on any atom is -0.486 e. The first-order valence-corrected chi connectivity index (χ1v) is 10.1. The highest BCUT2D eigenvalue weighted by atomic mass is 16.6. The molecular formula is C22H27N3O4. The molecule has 0 spiro atoms. The van der Waals surface area contributed by atoms with Crippen molar-refractivity contribution in [2.45, 2.75) is 44.9 Å². The highest BCUT2D eigenvalue weighted by molar-refractivity contribution is 6.43. The number of hydrogen-bond acceptors (Lipinski definition) is 5. The first kappa shape index (κ1) is 19.5. The molecule has 2 aliphatic rings. The number of ketones is 1. The number of hydrogen-bond donors (Lipinski definition) is 1. The third-order valence-electron chi connectivity index (χ3n) is 6.24. The number of aromatic nitrogens is 2. The SMILES string of the molecule is Cc1nn(C)c(C)c1C(=O)C(=O)NCC1(c2ccc3c(c2)OCCO3)CCCC1. The zero-order valence-corrected chi connectivity index (χ0v) is 17.2. The molecule has 1 fully saturated rings. The second kappa shape index (κ2) is 7.54. The Kier molecular flexibility index (Phi) is 5.06. The largest absolute Gasteiger partial charge is 0.486 e. The first-order chi connectivity index (χ1) is 13.9. The Morgan fingerprint density at radius 3 is 2.48 bits per heavy atom. The van der Waals surface area contributed by atoms with E-state index in [1.165, 1.54) is 0 Å². The molecule has 0 atom stereocenters. The van der Waals surface area contributed by atoms with E-state index in [1.54, 1.807) is 25.6 Å². The van der Waals surface area contributed by atoms with Gasteiger partial charge in [0.1, 0.15) is 13.2 Å². The summed E-state index contributed by atoms with van der Waals surface area (Å²) in [6.07, 6.45) is 4.12. The zero-order valence-electron chi connectivity index (χ0n) is 17.2. The Balaban J connectivity index is 1.53. The number of ether oxygens (including phenoxy) is 2. The lowest BCUT2D eigenvalue weighted by molar-refractivity contribution is -0.117. The summed E-state index contributed by atoms with van der Waals surface area (Å²) in [7, 11) is 1.77. The van der Waals surface area contributed by atoms with Gasteiger partial charge < -0.3 is 14.8 Å². The minimum atomic E-state index is -0.576. The number of benzene rings is 1. The lowest BCUT2D eigenvalue weighted by atomic mass is 9.78. The van der Waals surface area contributed by atoms with Gasteiger partial charge in [0.05, 0.1) is 11.3 Å².